The second-order valence-electron chi connectivity index (χ2n) is 4.28. The number of aliphatic hydroxyl groups is 1. The number of piperidine rings is 1. The number of hydrogen-bond acceptors (Lipinski definition) is 4. The standard InChI is InChI=1S/C10H21N3O2/c1-3-8(10(11)12-15)13-5-4-9(14)7(2)6-13/h7-9,14-15H,3-6H2,1-2H3,(H2,11,12). The van der Waals surface area contributed by atoms with Crippen molar-refractivity contribution in [1.82, 2.24) is 4.90 Å². The number of hydrogen-bond donors (Lipinski definition) is 3. The molecule has 0 aliphatic carbocycles. The highest BCUT2D eigenvalue weighted by atomic mass is 16.4. The molecule has 1 aliphatic heterocycles. The van der Waals surface area contributed by atoms with Gasteiger partial charge in [0.1, 0.15) is 0 Å². The lowest BCUT2D eigenvalue weighted by Crippen LogP contribution is -2.51. The van der Waals surface area contributed by atoms with E-state index in [2.05, 4.69) is 10.1 Å². The van der Waals surface area contributed by atoms with E-state index in [0.717, 1.165) is 25.9 Å². The second kappa shape index (κ2) is 5.32. The molecule has 1 aliphatic rings. The van der Waals surface area contributed by atoms with Crippen molar-refractivity contribution in [3.05, 3.63) is 0 Å². The van der Waals surface area contributed by atoms with Crippen molar-refractivity contribution >= 4 is 5.84 Å². The van der Waals surface area contributed by atoms with Gasteiger partial charge in [-0.25, -0.2) is 0 Å². The Morgan fingerprint density at radius 2 is 2.33 bits per heavy atom. The van der Waals surface area contributed by atoms with Crippen molar-refractivity contribution in [2.45, 2.75) is 38.8 Å². The van der Waals surface area contributed by atoms with Crippen molar-refractivity contribution in [2.75, 3.05) is 13.1 Å². The van der Waals surface area contributed by atoms with Crippen LogP contribution < -0.4 is 5.73 Å². The van der Waals surface area contributed by atoms with Gasteiger partial charge in [-0.2, -0.15) is 0 Å². The molecule has 0 bridgehead atoms. The third kappa shape index (κ3) is 2.82. The number of oxime groups is 1. The zero-order valence-electron chi connectivity index (χ0n) is 9.43. The van der Waals surface area contributed by atoms with Gasteiger partial charge in [-0.3, -0.25) is 4.90 Å². The van der Waals surface area contributed by atoms with Crippen LogP contribution in [0, 0.1) is 5.92 Å². The number of rotatable bonds is 3. The smallest absolute Gasteiger partial charge is 0.156 e. The molecule has 15 heavy (non-hydrogen) atoms. The summed E-state index contributed by atoms with van der Waals surface area (Å²) in [7, 11) is 0. The lowest BCUT2D eigenvalue weighted by atomic mass is 9.95. The fourth-order valence-electron chi connectivity index (χ4n) is 2.17. The van der Waals surface area contributed by atoms with E-state index in [1.165, 1.54) is 0 Å². The van der Waals surface area contributed by atoms with E-state index in [1.807, 2.05) is 13.8 Å². The average molecular weight is 215 g/mol. The van der Waals surface area contributed by atoms with Crippen LogP contribution in [-0.4, -0.2) is 46.3 Å². The molecule has 1 fully saturated rings. The van der Waals surface area contributed by atoms with Gasteiger partial charge in [0.2, 0.25) is 0 Å². The van der Waals surface area contributed by atoms with Crippen LogP contribution >= 0.6 is 0 Å². The Morgan fingerprint density at radius 3 is 2.80 bits per heavy atom. The van der Waals surface area contributed by atoms with E-state index in [1.54, 1.807) is 0 Å². The normalized spacial score (nSPS) is 31.5. The summed E-state index contributed by atoms with van der Waals surface area (Å²) in [6.45, 7) is 5.64. The first-order valence-electron chi connectivity index (χ1n) is 5.49. The zero-order valence-corrected chi connectivity index (χ0v) is 9.43. The van der Waals surface area contributed by atoms with Crippen LogP contribution in [-0.2, 0) is 0 Å². The molecule has 1 heterocycles. The largest absolute Gasteiger partial charge is 0.409 e. The molecule has 5 nitrogen and oxygen atoms in total. The molecule has 0 spiro atoms. The van der Waals surface area contributed by atoms with E-state index >= 15 is 0 Å². The van der Waals surface area contributed by atoms with Crippen molar-refractivity contribution in [3.8, 4) is 0 Å². The van der Waals surface area contributed by atoms with E-state index in [-0.39, 0.29) is 23.9 Å². The number of likely N-dealkylation sites (tertiary alicyclic amines) is 1. The molecule has 3 atom stereocenters. The predicted octanol–water partition coefficient (Wildman–Crippen LogP) is 0.214. The first-order chi connectivity index (χ1) is 7.10. The molecule has 0 radical (unpaired) electrons. The maximum atomic E-state index is 9.61. The monoisotopic (exact) mass is 215 g/mol. The van der Waals surface area contributed by atoms with E-state index < -0.39 is 0 Å². The molecule has 4 N–H and O–H groups in total. The van der Waals surface area contributed by atoms with Crippen LogP contribution in [0.2, 0.25) is 0 Å². The van der Waals surface area contributed by atoms with Gasteiger partial charge >= 0.3 is 0 Å². The van der Waals surface area contributed by atoms with Crippen molar-refractivity contribution in [3.63, 3.8) is 0 Å². The summed E-state index contributed by atoms with van der Waals surface area (Å²) in [6.07, 6.45) is 1.36. The number of nitrogens with two attached hydrogens (primary N) is 1. The van der Waals surface area contributed by atoms with Gasteiger partial charge < -0.3 is 16.0 Å². The van der Waals surface area contributed by atoms with E-state index in [9.17, 15) is 5.11 Å². The minimum Gasteiger partial charge on any atom is -0.409 e. The second-order valence-corrected chi connectivity index (χ2v) is 4.28. The molecular weight excluding hydrogens is 194 g/mol. The van der Waals surface area contributed by atoms with Gasteiger partial charge in [-0.15, -0.1) is 0 Å². The summed E-state index contributed by atoms with van der Waals surface area (Å²) in [5.41, 5.74) is 5.63. The Bertz CT molecular complexity index is 233. The van der Waals surface area contributed by atoms with Gasteiger partial charge in [0.25, 0.3) is 0 Å². The summed E-state index contributed by atoms with van der Waals surface area (Å²) in [6, 6.07) is -0.00931. The Labute approximate surface area is 90.6 Å². The minimum atomic E-state index is -0.217. The summed E-state index contributed by atoms with van der Waals surface area (Å²) < 4.78 is 0. The molecule has 3 unspecified atom stereocenters. The third-order valence-electron chi connectivity index (χ3n) is 3.18. The zero-order chi connectivity index (χ0) is 11.4. The fraction of sp³-hybridized carbons (Fsp3) is 0.900. The molecule has 1 saturated heterocycles. The molecule has 1 rings (SSSR count). The van der Waals surface area contributed by atoms with Gasteiger partial charge in [0, 0.05) is 13.1 Å². The molecule has 0 saturated carbocycles. The summed E-state index contributed by atoms with van der Waals surface area (Å²) in [4.78, 5) is 2.17. The van der Waals surface area contributed by atoms with E-state index in [0.29, 0.717) is 0 Å². The number of nitrogens with zero attached hydrogens (tertiary/aromatic N) is 2. The van der Waals surface area contributed by atoms with Crippen LogP contribution in [0.4, 0.5) is 0 Å². The van der Waals surface area contributed by atoms with Crippen molar-refractivity contribution in [2.24, 2.45) is 16.8 Å². The van der Waals surface area contributed by atoms with Gasteiger partial charge in [-0.05, 0) is 18.8 Å². The summed E-state index contributed by atoms with van der Waals surface area (Å²) in [5.74, 6) is 0.514. The first kappa shape index (κ1) is 12.3. The first-order valence-corrected chi connectivity index (χ1v) is 5.49. The Kier molecular flexibility index (Phi) is 4.35. The van der Waals surface area contributed by atoms with Crippen LogP contribution in [0.1, 0.15) is 26.7 Å². The van der Waals surface area contributed by atoms with Gasteiger partial charge in [0.15, 0.2) is 5.84 Å². The molecule has 0 amide bonds. The lowest BCUT2D eigenvalue weighted by molar-refractivity contribution is 0.0266. The number of aliphatic hydroxyl groups excluding tert-OH is 1. The van der Waals surface area contributed by atoms with Gasteiger partial charge in [-0.1, -0.05) is 19.0 Å². The lowest BCUT2D eigenvalue weighted by Gasteiger charge is -2.38. The van der Waals surface area contributed by atoms with Gasteiger partial charge in [0.05, 0.1) is 12.1 Å². The van der Waals surface area contributed by atoms with Crippen LogP contribution in [0.3, 0.4) is 0 Å². The van der Waals surface area contributed by atoms with Crippen LogP contribution in [0.5, 0.6) is 0 Å². The Balaban J connectivity index is 2.62. The molecule has 0 aromatic heterocycles. The quantitative estimate of drug-likeness (QED) is 0.272. The third-order valence-corrected chi connectivity index (χ3v) is 3.18. The predicted molar refractivity (Wildman–Crippen MR) is 58.8 cm³/mol. The molecule has 5 heteroatoms. The van der Waals surface area contributed by atoms with Crippen molar-refractivity contribution in [1.29, 1.82) is 0 Å². The average Bonchev–Trinajstić information content (AvgIpc) is 2.24. The molecular formula is C10H21N3O2. The minimum absolute atomic E-state index is 0.00931. The number of amidine groups is 1. The van der Waals surface area contributed by atoms with Crippen molar-refractivity contribution < 1.29 is 10.3 Å². The Morgan fingerprint density at radius 1 is 1.67 bits per heavy atom. The van der Waals surface area contributed by atoms with Crippen LogP contribution in [0.25, 0.3) is 0 Å². The maximum absolute atomic E-state index is 9.61. The van der Waals surface area contributed by atoms with Crippen LogP contribution in [0.15, 0.2) is 5.16 Å². The Hall–Kier alpha value is -0.810. The molecule has 0 aromatic carbocycles. The molecule has 0 aromatic rings. The maximum Gasteiger partial charge on any atom is 0.156 e. The highest BCUT2D eigenvalue weighted by Crippen LogP contribution is 2.19. The molecule has 88 valence electrons. The summed E-state index contributed by atoms with van der Waals surface area (Å²) in [5, 5.41) is 21.3. The fourth-order valence-corrected chi connectivity index (χ4v) is 2.17. The van der Waals surface area contributed by atoms with E-state index in [4.69, 9.17) is 10.9 Å². The highest BCUT2D eigenvalue weighted by molar-refractivity contribution is 5.85. The topological polar surface area (TPSA) is 82.1 Å². The SMILES string of the molecule is CCC(C(N)=NO)N1CCC(O)C(C)C1. The highest BCUT2D eigenvalue weighted by Gasteiger charge is 2.29. The summed E-state index contributed by atoms with van der Waals surface area (Å²) >= 11 is 0.